The molecule has 0 saturated carbocycles. The number of aliphatic hydroxyl groups excluding tert-OH is 1. The van der Waals surface area contributed by atoms with Gasteiger partial charge in [-0.3, -0.25) is 0 Å². The molecule has 0 aliphatic heterocycles. The Hall–Kier alpha value is -2.50. The third kappa shape index (κ3) is 27.6. The second-order valence-corrected chi connectivity index (χ2v) is 28.9. The Kier molecular flexibility index (Phi) is 28.7. The molecule has 5 aromatic heterocycles. The van der Waals surface area contributed by atoms with Gasteiger partial charge in [-0.25, -0.2) is 24.9 Å². The average Bonchev–Trinajstić information content (AvgIpc) is 3.99. The molecule has 0 spiro atoms. The van der Waals surface area contributed by atoms with Gasteiger partial charge in [-0.1, -0.05) is 4.57 Å². The lowest BCUT2D eigenvalue weighted by molar-refractivity contribution is 0.276. The quantitative estimate of drug-likeness (QED) is 0.0363. The minimum Gasteiger partial charge on any atom is -0.437 e. The maximum Gasteiger partial charge on any atom is 0.373 e. The van der Waals surface area contributed by atoms with E-state index in [1.54, 1.807) is 72.6 Å². The van der Waals surface area contributed by atoms with Gasteiger partial charge in [-0.15, -0.1) is 11.6 Å². The van der Waals surface area contributed by atoms with Crippen molar-refractivity contribution < 1.29 is 33.4 Å². The standard InChI is InChI=1S/C9H19N3O2P2.C6H11BBrN3O.C6H12BN3O.C5H7ClN2.C5H8N2O.C4H11O2P2/c1-7-8(5-10)12-9(11-7)16(4,14)6-15(2,3)13;1-4-5(3-9-7(2)12)11-6(8)10-4;1-5-6(9-4-8-5)3-10-7(2)11;1-4-5(2-6)8-3-7-4;1-4-5(2-8)7-3-6-4;1-7(5)4-8(2,3)6/h5-6,10H2,1-4H3,(H,11,12);9,12H,3H2,1-2H3,(H,10,11);4,10-11H,3H2,1-2H3,(H,8,9);3H,2H2,1H3,(H,7,8);3,8H,2H2,1H3,(H,6,7);4H2,1-3H3/q;;;;;+1. The van der Waals surface area contributed by atoms with E-state index in [0.29, 0.717) is 37.0 Å². The summed E-state index contributed by atoms with van der Waals surface area (Å²) in [5.74, 6) is 1.09. The van der Waals surface area contributed by atoms with Crippen molar-refractivity contribution in [2.24, 2.45) is 5.73 Å². The van der Waals surface area contributed by atoms with Gasteiger partial charge in [0.1, 0.15) is 13.8 Å². The van der Waals surface area contributed by atoms with Crippen molar-refractivity contribution in [1.29, 1.82) is 0 Å². The SMILES string of the molecule is CB(O)NCc1nc(Br)[nH]c1C.CB(O)NCc1nc[nH]c1C.C[P+](=O)CP(C)(C)=O.Cc1[nH]c(P(C)(=O)CP(C)(C)=O)nc1CN.Cc1[nH]cnc1CCl.Cc1[nH]cnc1CO. The fraction of sp³-hybridized carbons (Fsp3) is 0.571. The molecule has 12 N–H and O–H groups in total. The van der Waals surface area contributed by atoms with Crippen LogP contribution >= 0.6 is 56.8 Å². The summed E-state index contributed by atoms with van der Waals surface area (Å²) in [5, 5.41) is 32.1. The van der Waals surface area contributed by atoms with Crippen LogP contribution < -0.4 is 21.8 Å². The van der Waals surface area contributed by atoms with Gasteiger partial charge in [-0.2, -0.15) is 0 Å². The molecule has 5 rings (SSSR count). The molecule has 2 unspecified atom stereocenters. The number of nitrogens with one attached hydrogen (secondary N) is 7. The zero-order valence-electron chi connectivity index (χ0n) is 38.7. The Bertz CT molecular complexity index is 2180. The summed E-state index contributed by atoms with van der Waals surface area (Å²) in [4.78, 5) is 35.0. The number of aliphatic hydroxyl groups is 1. The van der Waals surface area contributed by atoms with Crippen LogP contribution in [-0.4, -0.2) is 131 Å². The predicted molar refractivity (Wildman–Crippen MR) is 264 cm³/mol. The highest BCUT2D eigenvalue weighted by Gasteiger charge is 2.28. The Morgan fingerprint density at radius 3 is 1.44 bits per heavy atom. The number of hydrogen-bond acceptors (Lipinski definition) is 15. The molecule has 2 atom stereocenters. The highest BCUT2D eigenvalue weighted by molar-refractivity contribution is 9.10. The van der Waals surface area contributed by atoms with E-state index in [2.05, 4.69) is 76.2 Å². The van der Waals surface area contributed by atoms with Crippen LogP contribution in [0, 0.1) is 34.6 Å². The minimum atomic E-state index is -2.67. The Labute approximate surface area is 386 Å². The van der Waals surface area contributed by atoms with E-state index in [0.717, 1.165) is 61.7 Å². The third-order valence-corrected chi connectivity index (χ3v) is 18.9. The molecule has 20 nitrogen and oxygen atoms in total. The number of aryl methyl sites for hydroxylation is 5. The molecule has 0 saturated heterocycles. The van der Waals surface area contributed by atoms with E-state index in [1.807, 2.05) is 34.6 Å². The highest BCUT2D eigenvalue weighted by atomic mass is 79.9. The van der Waals surface area contributed by atoms with Crippen molar-refractivity contribution in [2.75, 3.05) is 51.8 Å². The fourth-order valence-corrected chi connectivity index (χ4v) is 15.9. The van der Waals surface area contributed by atoms with E-state index in [9.17, 15) is 18.3 Å². The van der Waals surface area contributed by atoms with Crippen molar-refractivity contribution in [3.63, 3.8) is 0 Å². The van der Waals surface area contributed by atoms with Crippen molar-refractivity contribution in [3.05, 3.63) is 80.7 Å². The van der Waals surface area contributed by atoms with Crippen LogP contribution in [0.25, 0.3) is 0 Å². The van der Waals surface area contributed by atoms with Gasteiger partial charge in [0.05, 0.1) is 73.0 Å². The topological polar surface area (TPSA) is 322 Å². The first-order chi connectivity index (χ1) is 29.0. The van der Waals surface area contributed by atoms with Crippen molar-refractivity contribution >= 4 is 76.4 Å². The second kappa shape index (κ2) is 29.9. The Balaban J connectivity index is 0.000000747. The number of alkyl halides is 1. The average molecular weight is 1040 g/mol. The molecular formula is C35H68B2BrClN13O7P4+. The van der Waals surface area contributed by atoms with E-state index in [4.69, 9.17) is 32.5 Å². The van der Waals surface area contributed by atoms with E-state index < -0.39 is 43.3 Å². The van der Waals surface area contributed by atoms with Gasteiger partial charge >= 0.3 is 21.9 Å². The molecule has 28 heteroatoms. The van der Waals surface area contributed by atoms with Crippen LogP contribution in [-0.2, 0) is 50.4 Å². The van der Waals surface area contributed by atoms with Crippen LogP contribution in [0.4, 0.5) is 0 Å². The molecule has 5 heterocycles. The highest BCUT2D eigenvalue weighted by Crippen LogP contribution is 2.54. The van der Waals surface area contributed by atoms with E-state index in [1.165, 1.54) is 0 Å². The van der Waals surface area contributed by atoms with Crippen LogP contribution in [0.1, 0.15) is 56.9 Å². The van der Waals surface area contributed by atoms with Gasteiger partial charge in [-0.05, 0) is 97.5 Å². The van der Waals surface area contributed by atoms with Crippen molar-refractivity contribution in [3.8, 4) is 0 Å². The summed E-state index contributed by atoms with van der Waals surface area (Å²) in [6.45, 7) is 24.3. The first-order valence-corrected chi connectivity index (χ1v) is 30.6. The molecule has 0 aliphatic carbocycles. The molecule has 0 amide bonds. The largest absolute Gasteiger partial charge is 0.437 e. The van der Waals surface area contributed by atoms with Gasteiger partial charge in [0.2, 0.25) is 0 Å². The van der Waals surface area contributed by atoms with Crippen molar-refractivity contribution in [2.45, 2.75) is 80.4 Å². The number of nitrogens with zero attached hydrogens (tertiary/aromatic N) is 5. The van der Waals surface area contributed by atoms with Crippen LogP contribution in [0.15, 0.2) is 23.7 Å². The zero-order chi connectivity index (χ0) is 48.7. The van der Waals surface area contributed by atoms with Crippen LogP contribution in [0.5, 0.6) is 0 Å². The number of hydrogen-bond donors (Lipinski definition) is 11. The van der Waals surface area contributed by atoms with Crippen LogP contribution in [0.2, 0.25) is 13.6 Å². The van der Waals surface area contributed by atoms with Gasteiger partial charge in [0, 0.05) is 48.1 Å². The van der Waals surface area contributed by atoms with Crippen LogP contribution in [0.3, 0.4) is 0 Å². The zero-order valence-corrected chi connectivity index (χ0v) is 44.6. The summed E-state index contributed by atoms with van der Waals surface area (Å²) < 4.78 is 46.1. The van der Waals surface area contributed by atoms with Gasteiger partial charge in [0.15, 0.2) is 23.3 Å². The number of H-pyrrole nitrogens is 5. The molecule has 5 aromatic rings. The summed E-state index contributed by atoms with van der Waals surface area (Å²) in [6.07, 6.45) is 4.86. The Morgan fingerprint density at radius 2 is 1.17 bits per heavy atom. The summed E-state index contributed by atoms with van der Waals surface area (Å²) >= 11 is 8.72. The molecule has 0 aliphatic rings. The molecule has 63 heavy (non-hydrogen) atoms. The predicted octanol–water partition coefficient (Wildman–Crippen LogP) is 5.66. The van der Waals surface area contributed by atoms with Crippen molar-refractivity contribution in [1.82, 2.24) is 60.3 Å². The second-order valence-electron chi connectivity index (χ2n) is 15.4. The molecule has 0 bridgehead atoms. The normalized spacial score (nSPS) is 12.0. The Morgan fingerprint density at radius 1 is 0.730 bits per heavy atom. The number of rotatable bonds is 14. The third-order valence-electron chi connectivity index (χ3n) is 7.93. The number of aromatic nitrogens is 10. The lowest BCUT2D eigenvalue weighted by Gasteiger charge is -2.13. The van der Waals surface area contributed by atoms with Gasteiger partial charge < -0.3 is 70.0 Å². The first-order valence-electron chi connectivity index (χ1n) is 19.5. The fourth-order valence-electron chi connectivity index (χ4n) is 4.85. The maximum absolute atomic E-state index is 12.4. The molecule has 354 valence electrons. The van der Waals surface area contributed by atoms with Gasteiger partial charge in [0.25, 0.3) is 0 Å². The van der Waals surface area contributed by atoms with E-state index in [-0.39, 0.29) is 12.5 Å². The van der Waals surface area contributed by atoms with E-state index >= 15 is 0 Å². The lowest BCUT2D eigenvalue weighted by Crippen LogP contribution is -2.30. The number of imidazole rings is 5. The summed E-state index contributed by atoms with van der Waals surface area (Å²) in [7, 11) is -9.18. The molecule has 0 radical (unpaired) electrons. The minimum absolute atomic E-state index is 0.0231. The molecule has 0 fully saturated rings. The molecular weight excluding hydrogens is 975 g/mol. The number of nitrogens with two attached hydrogens (primary N) is 1. The summed E-state index contributed by atoms with van der Waals surface area (Å²) in [5.41, 5.74) is 15.1. The summed E-state index contributed by atoms with van der Waals surface area (Å²) in [6, 6.07) is 0. The molecule has 0 aromatic carbocycles. The number of halogens is 2. The monoisotopic (exact) mass is 1040 g/mol. The maximum atomic E-state index is 12.4. The smallest absolute Gasteiger partial charge is 0.373 e. The lowest BCUT2D eigenvalue weighted by atomic mass is 9.89. The number of aromatic amines is 5. The first kappa shape index (κ1) is 60.5.